The van der Waals surface area contributed by atoms with Crippen LogP contribution in [0.4, 0.5) is 21.8 Å². The van der Waals surface area contributed by atoms with E-state index >= 15 is 0 Å². The van der Waals surface area contributed by atoms with Crippen LogP contribution in [0.25, 0.3) is 0 Å². The van der Waals surface area contributed by atoms with Crippen molar-refractivity contribution in [1.82, 2.24) is 9.97 Å². The van der Waals surface area contributed by atoms with E-state index in [4.69, 9.17) is 0 Å². The lowest BCUT2D eigenvalue weighted by atomic mass is 10.2. The zero-order valence-corrected chi connectivity index (χ0v) is 11.6. The topological polar surface area (TPSA) is 49.8 Å². The first-order chi connectivity index (χ1) is 10.3. The summed E-state index contributed by atoms with van der Waals surface area (Å²) >= 11 is 0. The van der Waals surface area contributed by atoms with Crippen LogP contribution in [0.2, 0.25) is 0 Å². The Kier molecular flexibility index (Phi) is 2.98. The van der Waals surface area contributed by atoms with Gasteiger partial charge in [0.05, 0.1) is 11.4 Å². The Morgan fingerprint density at radius 3 is 2.57 bits per heavy atom. The van der Waals surface area contributed by atoms with E-state index in [-0.39, 0.29) is 5.82 Å². The second kappa shape index (κ2) is 4.98. The van der Waals surface area contributed by atoms with Crippen LogP contribution in [-0.4, -0.2) is 16.0 Å². The summed E-state index contributed by atoms with van der Waals surface area (Å²) in [5, 5.41) is 6.39. The molecule has 2 saturated carbocycles. The zero-order valence-electron chi connectivity index (χ0n) is 11.6. The average molecular weight is 284 g/mol. The first kappa shape index (κ1) is 12.6. The van der Waals surface area contributed by atoms with Crippen LogP contribution >= 0.6 is 0 Å². The van der Waals surface area contributed by atoms with Crippen molar-refractivity contribution < 1.29 is 4.39 Å². The van der Waals surface area contributed by atoms with Crippen LogP contribution in [0.1, 0.15) is 37.3 Å². The highest BCUT2D eigenvalue weighted by Gasteiger charge is 2.28. The highest BCUT2D eigenvalue weighted by molar-refractivity contribution is 5.58. The lowest BCUT2D eigenvalue weighted by Crippen LogP contribution is -2.08. The van der Waals surface area contributed by atoms with E-state index in [1.54, 1.807) is 18.2 Å². The van der Waals surface area contributed by atoms with Crippen molar-refractivity contribution in [2.75, 3.05) is 10.6 Å². The maximum atomic E-state index is 13.7. The Bertz CT molecular complexity index is 665. The van der Waals surface area contributed by atoms with Crippen LogP contribution in [0.5, 0.6) is 0 Å². The first-order valence-electron chi connectivity index (χ1n) is 7.45. The minimum atomic E-state index is -0.277. The number of nitrogens with one attached hydrogen (secondary N) is 2. The second-order valence-electron chi connectivity index (χ2n) is 5.80. The van der Waals surface area contributed by atoms with Gasteiger partial charge in [-0.05, 0) is 37.8 Å². The fourth-order valence-corrected chi connectivity index (χ4v) is 2.29. The predicted molar refractivity (Wildman–Crippen MR) is 80.3 cm³/mol. The molecule has 1 aromatic heterocycles. The Labute approximate surface area is 122 Å². The van der Waals surface area contributed by atoms with Gasteiger partial charge in [0.15, 0.2) is 0 Å². The molecular formula is C16H17FN4. The van der Waals surface area contributed by atoms with Crippen LogP contribution < -0.4 is 10.6 Å². The Balaban J connectivity index is 1.63. The molecule has 0 atom stereocenters. The number of para-hydroxylation sites is 1. The molecule has 0 bridgehead atoms. The summed E-state index contributed by atoms with van der Waals surface area (Å²) in [6.45, 7) is 0. The number of nitrogens with zero attached hydrogens (tertiary/aromatic N) is 2. The molecule has 2 aliphatic carbocycles. The summed E-state index contributed by atoms with van der Waals surface area (Å²) in [7, 11) is 0. The van der Waals surface area contributed by atoms with E-state index in [0.29, 0.717) is 29.4 Å². The van der Waals surface area contributed by atoms with Gasteiger partial charge in [-0.15, -0.1) is 0 Å². The zero-order chi connectivity index (χ0) is 14.2. The highest BCUT2D eigenvalue weighted by atomic mass is 19.1. The molecule has 4 nitrogen and oxygen atoms in total. The lowest BCUT2D eigenvalue weighted by molar-refractivity contribution is 0.632. The molecule has 2 N–H and O–H groups in total. The van der Waals surface area contributed by atoms with Gasteiger partial charge in [-0.2, -0.15) is 4.98 Å². The van der Waals surface area contributed by atoms with Crippen molar-refractivity contribution in [1.29, 1.82) is 0 Å². The van der Waals surface area contributed by atoms with Gasteiger partial charge in [0.2, 0.25) is 5.95 Å². The molecule has 5 heteroatoms. The SMILES string of the molecule is Fc1ccccc1Nc1cc(C2CC2)nc(NC2CC2)n1. The summed E-state index contributed by atoms with van der Waals surface area (Å²) in [6.07, 6.45) is 4.71. The monoisotopic (exact) mass is 284 g/mol. The molecule has 0 radical (unpaired) electrons. The van der Waals surface area contributed by atoms with Crippen LogP contribution in [0.3, 0.4) is 0 Å². The number of hydrogen-bond acceptors (Lipinski definition) is 4. The number of anilines is 3. The summed E-state index contributed by atoms with van der Waals surface area (Å²) in [5.74, 6) is 1.57. The third-order valence-electron chi connectivity index (χ3n) is 3.79. The number of rotatable bonds is 5. The standard InChI is InChI=1S/C16H17FN4/c17-12-3-1-2-4-13(12)19-15-9-14(10-5-6-10)20-16(21-15)18-11-7-8-11/h1-4,9-11H,5-8H2,(H2,18,19,20,21). The van der Waals surface area contributed by atoms with Crippen LogP contribution in [0, 0.1) is 5.82 Å². The number of hydrogen-bond donors (Lipinski definition) is 2. The van der Waals surface area contributed by atoms with Crippen LogP contribution in [0.15, 0.2) is 30.3 Å². The van der Waals surface area contributed by atoms with E-state index in [0.717, 1.165) is 5.69 Å². The molecule has 1 aromatic carbocycles. The largest absolute Gasteiger partial charge is 0.351 e. The third-order valence-corrected chi connectivity index (χ3v) is 3.79. The minimum Gasteiger partial charge on any atom is -0.351 e. The van der Waals surface area contributed by atoms with Crippen molar-refractivity contribution >= 4 is 17.5 Å². The van der Waals surface area contributed by atoms with Crippen molar-refractivity contribution in [3.05, 3.63) is 41.8 Å². The maximum Gasteiger partial charge on any atom is 0.225 e. The molecule has 0 amide bonds. The van der Waals surface area contributed by atoms with Gasteiger partial charge < -0.3 is 10.6 Å². The molecule has 2 aliphatic rings. The minimum absolute atomic E-state index is 0.277. The quantitative estimate of drug-likeness (QED) is 0.876. The summed E-state index contributed by atoms with van der Waals surface area (Å²) in [6, 6.07) is 9.06. The molecule has 0 spiro atoms. The van der Waals surface area contributed by atoms with Gasteiger partial charge in [-0.25, -0.2) is 9.37 Å². The Hall–Kier alpha value is -2.17. The van der Waals surface area contributed by atoms with Crippen molar-refractivity contribution in [3.63, 3.8) is 0 Å². The van der Waals surface area contributed by atoms with Gasteiger partial charge in [0.1, 0.15) is 11.6 Å². The summed E-state index contributed by atoms with van der Waals surface area (Å²) < 4.78 is 13.7. The van der Waals surface area contributed by atoms with E-state index in [1.165, 1.54) is 31.7 Å². The van der Waals surface area contributed by atoms with Gasteiger partial charge in [-0.1, -0.05) is 12.1 Å². The molecule has 0 saturated heterocycles. The van der Waals surface area contributed by atoms with E-state index < -0.39 is 0 Å². The Morgan fingerprint density at radius 1 is 1.05 bits per heavy atom. The maximum absolute atomic E-state index is 13.7. The third kappa shape index (κ3) is 2.96. The van der Waals surface area contributed by atoms with Crippen LogP contribution in [-0.2, 0) is 0 Å². The molecule has 0 aliphatic heterocycles. The molecule has 2 fully saturated rings. The fraction of sp³-hybridized carbons (Fsp3) is 0.375. The van der Waals surface area contributed by atoms with Crippen molar-refractivity contribution in [3.8, 4) is 0 Å². The summed E-state index contributed by atoms with van der Waals surface area (Å²) in [5.41, 5.74) is 1.49. The molecule has 1 heterocycles. The Morgan fingerprint density at radius 2 is 1.86 bits per heavy atom. The van der Waals surface area contributed by atoms with Gasteiger partial charge in [0, 0.05) is 18.0 Å². The van der Waals surface area contributed by atoms with Crippen molar-refractivity contribution in [2.45, 2.75) is 37.6 Å². The summed E-state index contributed by atoms with van der Waals surface area (Å²) in [4.78, 5) is 9.04. The smallest absolute Gasteiger partial charge is 0.225 e. The lowest BCUT2D eigenvalue weighted by Gasteiger charge is -2.11. The first-order valence-corrected chi connectivity index (χ1v) is 7.45. The van der Waals surface area contributed by atoms with E-state index in [1.807, 2.05) is 6.07 Å². The van der Waals surface area contributed by atoms with Gasteiger partial charge in [-0.3, -0.25) is 0 Å². The van der Waals surface area contributed by atoms with E-state index in [9.17, 15) is 4.39 Å². The normalized spacial score (nSPS) is 17.6. The van der Waals surface area contributed by atoms with Crippen molar-refractivity contribution in [2.24, 2.45) is 0 Å². The molecule has 4 rings (SSSR count). The molecular weight excluding hydrogens is 267 g/mol. The molecule has 108 valence electrons. The van der Waals surface area contributed by atoms with E-state index in [2.05, 4.69) is 20.6 Å². The average Bonchev–Trinajstić information content (AvgIpc) is 3.35. The fourth-order valence-electron chi connectivity index (χ4n) is 2.29. The van der Waals surface area contributed by atoms with Gasteiger partial charge in [0.25, 0.3) is 0 Å². The molecule has 0 unspecified atom stereocenters. The number of benzene rings is 1. The highest BCUT2D eigenvalue weighted by Crippen LogP contribution is 2.40. The number of aromatic nitrogens is 2. The molecule has 21 heavy (non-hydrogen) atoms. The van der Waals surface area contributed by atoms with Gasteiger partial charge >= 0.3 is 0 Å². The second-order valence-corrected chi connectivity index (χ2v) is 5.80. The number of halogens is 1. The predicted octanol–water partition coefficient (Wildman–Crippen LogP) is 3.81. The molecule has 2 aromatic rings.